The molecule has 0 spiro atoms. The van der Waals surface area contributed by atoms with Gasteiger partial charge >= 0.3 is 0 Å². The van der Waals surface area contributed by atoms with Gasteiger partial charge in [-0.15, -0.1) is 0 Å². The van der Waals surface area contributed by atoms with Crippen molar-refractivity contribution in [2.75, 3.05) is 13.2 Å². The smallest absolute Gasteiger partial charge is 0.254 e. The molecule has 0 unspecified atom stereocenters. The second-order valence-corrected chi connectivity index (χ2v) is 4.99. The van der Waals surface area contributed by atoms with Gasteiger partial charge in [-0.2, -0.15) is 0 Å². The maximum atomic E-state index is 12.3. The summed E-state index contributed by atoms with van der Waals surface area (Å²) < 4.78 is 0.654. The van der Waals surface area contributed by atoms with Crippen LogP contribution in [0.5, 0.6) is 0 Å². The number of pyridine rings is 1. The maximum Gasteiger partial charge on any atom is 0.254 e. The van der Waals surface area contributed by atoms with Crippen LogP contribution in [0.3, 0.4) is 0 Å². The average molecular weight is 299 g/mol. The molecule has 1 aliphatic rings. The van der Waals surface area contributed by atoms with Crippen LogP contribution >= 0.6 is 15.9 Å². The SMILES string of the molecule is O=C(c1ccnc(Br)c1)N(CCO)C1CCC1. The number of aromatic nitrogens is 1. The van der Waals surface area contributed by atoms with E-state index in [0.29, 0.717) is 22.8 Å². The van der Waals surface area contributed by atoms with E-state index in [1.54, 1.807) is 23.2 Å². The maximum absolute atomic E-state index is 12.3. The molecular weight excluding hydrogens is 284 g/mol. The van der Waals surface area contributed by atoms with E-state index in [1.807, 2.05) is 0 Å². The highest BCUT2D eigenvalue weighted by molar-refractivity contribution is 9.10. The van der Waals surface area contributed by atoms with Crippen molar-refractivity contribution in [3.8, 4) is 0 Å². The van der Waals surface area contributed by atoms with Crippen molar-refractivity contribution in [3.05, 3.63) is 28.5 Å². The standard InChI is InChI=1S/C12H15BrN2O2/c13-11-8-9(4-5-14-11)12(17)15(6-7-16)10-2-1-3-10/h4-5,8,10,16H,1-3,6-7H2. The largest absolute Gasteiger partial charge is 0.395 e. The van der Waals surface area contributed by atoms with Gasteiger partial charge < -0.3 is 10.0 Å². The van der Waals surface area contributed by atoms with E-state index in [9.17, 15) is 4.79 Å². The van der Waals surface area contributed by atoms with Crippen molar-refractivity contribution in [1.82, 2.24) is 9.88 Å². The predicted octanol–water partition coefficient (Wildman–Crippen LogP) is 1.83. The second kappa shape index (κ2) is 5.60. The van der Waals surface area contributed by atoms with E-state index < -0.39 is 0 Å². The van der Waals surface area contributed by atoms with Gasteiger partial charge in [0.05, 0.1) is 6.61 Å². The van der Waals surface area contributed by atoms with Crippen LogP contribution in [-0.4, -0.2) is 40.1 Å². The molecule has 1 fully saturated rings. The Balaban J connectivity index is 2.15. The summed E-state index contributed by atoms with van der Waals surface area (Å²) in [5.41, 5.74) is 0.618. The molecule has 0 bridgehead atoms. The monoisotopic (exact) mass is 298 g/mol. The van der Waals surface area contributed by atoms with Crippen LogP contribution in [0.1, 0.15) is 29.6 Å². The summed E-state index contributed by atoms with van der Waals surface area (Å²) in [7, 11) is 0. The number of rotatable bonds is 4. The number of carbonyl (C=O) groups is 1. The Kier molecular flexibility index (Phi) is 4.12. The van der Waals surface area contributed by atoms with Gasteiger partial charge in [0.25, 0.3) is 5.91 Å². The van der Waals surface area contributed by atoms with Gasteiger partial charge in [-0.3, -0.25) is 4.79 Å². The van der Waals surface area contributed by atoms with Crippen LogP contribution in [-0.2, 0) is 0 Å². The van der Waals surface area contributed by atoms with Gasteiger partial charge in [0, 0.05) is 24.3 Å². The summed E-state index contributed by atoms with van der Waals surface area (Å²) in [6, 6.07) is 3.71. The molecule has 1 heterocycles. The van der Waals surface area contributed by atoms with E-state index in [2.05, 4.69) is 20.9 Å². The van der Waals surface area contributed by atoms with Crippen LogP contribution in [0.4, 0.5) is 0 Å². The summed E-state index contributed by atoms with van der Waals surface area (Å²) >= 11 is 3.26. The minimum absolute atomic E-state index is 0.00843. The molecular formula is C12H15BrN2O2. The Morgan fingerprint density at radius 1 is 1.59 bits per heavy atom. The molecule has 1 aliphatic carbocycles. The summed E-state index contributed by atoms with van der Waals surface area (Å²) in [6.07, 6.45) is 4.85. The van der Waals surface area contributed by atoms with Gasteiger partial charge in [-0.25, -0.2) is 4.98 Å². The van der Waals surface area contributed by atoms with Gasteiger partial charge in [-0.1, -0.05) is 0 Å². The molecule has 0 radical (unpaired) electrons. The number of hydrogen-bond acceptors (Lipinski definition) is 3. The van der Waals surface area contributed by atoms with E-state index in [1.165, 1.54) is 6.42 Å². The molecule has 1 saturated carbocycles. The van der Waals surface area contributed by atoms with Gasteiger partial charge in [0.2, 0.25) is 0 Å². The molecule has 4 nitrogen and oxygen atoms in total. The zero-order valence-corrected chi connectivity index (χ0v) is 11.1. The van der Waals surface area contributed by atoms with E-state index >= 15 is 0 Å². The fraction of sp³-hybridized carbons (Fsp3) is 0.500. The minimum atomic E-state index is -0.0214. The number of aliphatic hydroxyl groups excluding tert-OH is 1. The normalized spacial score (nSPS) is 15.4. The van der Waals surface area contributed by atoms with Crippen molar-refractivity contribution >= 4 is 21.8 Å². The zero-order valence-electron chi connectivity index (χ0n) is 9.47. The first-order valence-corrected chi connectivity index (χ1v) is 6.55. The number of nitrogens with zero attached hydrogens (tertiary/aromatic N) is 2. The first kappa shape index (κ1) is 12.5. The number of aliphatic hydroxyl groups is 1. The highest BCUT2D eigenvalue weighted by atomic mass is 79.9. The fourth-order valence-corrected chi connectivity index (χ4v) is 2.32. The van der Waals surface area contributed by atoms with E-state index in [0.717, 1.165) is 12.8 Å². The van der Waals surface area contributed by atoms with Gasteiger partial charge in [0.1, 0.15) is 4.60 Å². The number of halogens is 1. The summed E-state index contributed by atoms with van der Waals surface area (Å²) in [4.78, 5) is 18.1. The first-order chi connectivity index (χ1) is 8.22. The van der Waals surface area contributed by atoms with Crippen molar-refractivity contribution in [2.24, 2.45) is 0 Å². The lowest BCUT2D eigenvalue weighted by Crippen LogP contribution is -2.45. The van der Waals surface area contributed by atoms with Crippen molar-refractivity contribution < 1.29 is 9.90 Å². The molecule has 92 valence electrons. The number of hydrogen-bond donors (Lipinski definition) is 1. The molecule has 1 aromatic heterocycles. The Labute approximate surface area is 109 Å². The fourth-order valence-electron chi connectivity index (χ4n) is 1.96. The first-order valence-electron chi connectivity index (χ1n) is 5.76. The lowest BCUT2D eigenvalue weighted by Gasteiger charge is -2.37. The second-order valence-electron chi connectivity index (χ2n) is 4.17. The summed E-state index contributed by atoms with van der Waals surface area (Å²) in [6.45, 7) is 0.415. The summed E-state index contributed by atoms with van der Waals surface area (Å²) in [5, 5.41) is 9.04. The molecule has 1 aromatic rings. The number of amides is 1. The van der Waals surface area contributed by atoms with Crippen LogP contribution in [0, 0.1) is 0 Å². The third-order valence-corrected chi connectivity index (χ3v) is 3.52. The lowest BCUT2D eigenvalue weighted by atomic mass is 9.91. The Hall–Kier alpha value is -0.940. The third-order valence-electron chi connectivity index (χ3n) is 3.09. The van der Waals surface area contributed by atoms with Crippen molar-refractivity contribution in [2.45, 2.75) is 25.3 Å². The molecule has 5 heteroatoms. The quantitative estimate of drug-likeness (QED) is 0.863. The number of carbonyl (C=O) groups excluding carboxylic acids is 1. The topological polar surface area (TPSA) is 53.4 Å². The molecule has 1 amide bonds. The zero-order chi connectivity index (χ0) is 12.3. The molecule has 17 heavy (non-hydrogen) atoms. The van der Waals surface area contributed by atoms with Crippen molar-refractivity contribution in [3.63, 3.8) is 0 Å². The minimum Gasteiger partial charge on any atom is -0.395 e. The molecule has 0 saturated heterocycles. The Bertz CT molecular complexity index is 407. The van der Waals surface area contributed by atoms with Crippen LogP contribution in [0.15, 0.2) is 22.9 Å². The molecule has 0 atom stereocenters. The highest BCUT2D eigenvalue weighted by Gasteiger charge is 2.28. The van der Waals surface area contributed by atoms with E-state index in [-0.39, 0.29) is 12.5 Å². The highest BCUT2D eigenvalue weighted by Crippen LogP contribution is 2.26. The van der Waals surface area contributed by atoms with Crippen LogP contribution < -0.4 is 0 Å². The molecule has 0 aromatic carbocycles. The van der Waals surface area contributed by atoms with Gasteiger partial charge in [-0.05, 0) is 47.3 Å². The third kappa shape index (κ3) is 2.84. The molecule has 0 aliphatic heterocycles. The van der Waals surface area contributed by atoms with Crippen LogP contribution in [0.2, 0.25) is 0 Å². The van der Waals surface area contributed by atoms with Gasteiger partial charge in [0.15, 0.2) is 0 Å². The predicted molar refractivity (Wildman–Crippen MR) is 67.7 cm³/mol. The van der Waals surface area contributed by atoms with Crippen LogP contribution in [0.25, 0.3) is 0 Å². The summed E-state index contributed by atoms with van der Waals surface area (Å²) in [5.74, 6) is -0.0214. The van der Waals surface area contributed by atoms with E-state index in [4.69, 9.17) is 5.11 Å². The van der Waals surface area contributed by atoms with Crippen molar-refractivity contribution in [1.29, 1.82) is 0 Å². The Morgan fingerprint density at radius 2 is 2.35 bits per heavy atom. The molecule has 2 rings (SSSR count). The Morgan fingerprint density at radius 3 is 2.88 bits per heavy atom. The lowest BCUT2D eigenvalue weighted by molar-refractivity contribution is 0.0525. The molecule has 1 N–H and O–H groups in total. The average Bonchev–Trinajstić information content (AvgIpc) is 2.25.